The number of nitrogens with zero attached hydrogens (tertiary/aromatic N) is 3. The van der Waals surface area contributed by atoms with Crippen LogP contribution in [0.5, 0.6) is 0 Å². The van der Waals surface area contributed by atoms with E-state index in [1.807, 2.05) is 54.9 Å². The molecule has 0 aliphatic rings. The lowest BCUT2D eigenvalue weighted by atomic mass is 9.82. The molecule has 1 atom stereocenters. The molecule has 0 fully saturated rings. The van der Waals surface area contributed by atoms with Gasteiger partial charge in [-0.15, -0.1) is 0 Å². The van der Waals surface area contributed by atoms with Crippen LogP contribution < -0.4 is 10.6 Å². The van der Waals surface area contributed by atoms with Gasteiger partial charge in [-0.3, -0.25) is 9.97 Å². The van der Waals surface area contributed by atoms with Crippen LogP contribution in [0.25, 0.3) is 0 Å². The minimum Gasteiger partial charge on any atom is -0.465 e. The van der Waals surface area contributed by atoms with Gasteiger partial charge in [-0.1, -0.05) is 24.3 Å². The molecule has 29 heavy (non-hydrogen) atoms. The highest BCUT2D eigenvalue weighted by Gasteiger charge is 2.27. The van der Waals surface area contributed by atoms with Crippen molar-refractivity contribution in [2.24, 2.45) is 0 Å². The standard InChI is InChI=1S/C22H21N5O2/c23-13-16-4-1-5-17(12-16)21(26-10-11-27-22(28)29)20(18-6-2-8-24-14-18)19-7-3-9-25-15-19/h1-9,12,14-15,20-21,26-27H,10-11H2,(H,28,29). The number of hydrogen-bond acceptors (Lipinski definition) is 5. The predicted octanol–water partition coefficient (Wildman–Crippen LogP) is 3.08. The number of nitrogens with one attached hydrogen (secondary N) is 2. The molecule has 7 nitrogen and oxygen atoms in total. The fourth-order valence-corrected chi connectivity index (χ4v) is 3.32. The molecule has 0 saturated carbocycles. The fraction of sp³-hybridized carbons (Fsp3) is 0.182. The van der Waals surface area contributed by atoms with E-state index in [0.29, 0.717) is 12.1 Å². The highest BCUT2D eigenvalue weighted by molar-refractivity contribution is 5.64. The minimum atomic E-state index is -1.06. The number of amides is 1. The molecule has 2 heterocycles. The smallest absolute Gasteiger partial charge is 0.404 e. The van der Waals surface area contributed by atoms with Crippen molar-refractivity contribution in [2.45, 2.75) is 12.0 Å². The van der Waals surface area contributed by atoms with Crippen LogP contribution in [-0.2, 0) is 0 Å². The Balaban J connectivity index is 2.02. The summed E-state index contributed by atoms with van der Waals surface area (Å²) in [6.07, 6.45) is 6.01. The molecule has 3 rings (SSSR count). The second-order valence-electron chi connectivity index (χ2n) is 6.45. The third-order valence-electron chi connectivity index (χ3n) is 4.56. The quantitative estimate of drug-likeness (QED) is 0.512. The maximum atomic E-state index is 10.8. The van der Waals surface area contributed by atoms with Crippen molar-refractivity contribution in [3.8, 4) is 6.07 Å². The van der Waals surface area contributed by atoms with Crippen molar-refractivity contribution in [3.63, 3.8) is 0 Å². The SMILES string of the molecule is N#Cc1cccc(C(NCCNC(=O)O)C(c2cccnc2)c2cccnc2)c1. The van der Waals surface area contributed by atoms with Crippen LogP contribution in [0.1, 0.15) is 34.2 Å². The van der Waals surface area contributed by atoms with Gasteiger partial charge in [0.1, 0.15) is 0 Å². The Bertz CT molecular complexity index is 934. The van der Waals surface area contributed by atoms with E-state index in [9.17, 15) is 10.1 Å². The second kappa shape index (κ2) is 9.97. The fourth-order valence-electron chi connectivity index (χ4n) is 3.32. The van der Waals surface area contributed by atoms with Crippen LogP contribution in [0.4, 0.5) is 4.79 Å². The van der Waals surface area contributed by atoms with Crippen molar-refractivity contribution in [1.82, 2.24) is 20.6 Å². The van der Waals surface area contributed by atoms with Gasteiger partial charge in [0.2, 0.25) is 0 Å². The van der Waals surface area contributed by atoms with Crippen molar-refractivity contribution < 1.29 is 9.90 Å². The average Bonchev–Trinajstić information content (AvgIpc) is 2.77. The molecule has 1 unspecified atom stereocenters. The zero-order valence-electron chi connectivity index (χ0n) is 15.7. The molecule has 7 heteroatoms. The molecular formula is C22H21N5O2. The van der Waals surface area contributed by atoms with Gasteiger partial charge in [-0.25, -0.2) is 4.79 Å². The van der Waals surface area contributed by atoms with Crippen LogP contribution in [-0.4, -0.2) is 34.3 Å². The van der Waals surface area contributed by atoms with Crippen LogP contribution >= 0.6 is 0 Å². The summed E-state index contributed by atoms with van der Waals surface area (Å²) in [7, 11) is 0. The van der Waals surface area contributed by atoms with Gasteiger partial charge in [-0.2, -0.15) is 5.26 Å². The Morgan fingerprint density at radius 3 is 2.21 bits per heavy atom. The van der Waals surface area contributed by atoms with Crippen LogP contribution in [0.15, 0.2) is 73.3 Å². The van der Waals surface area contributed by atoms with Gasteiger partial charge in [0.05, 0.1) is 11.6 Å². The molecule has 1 amide bonds. The number of nitriles is 1. The van der Waals surface area contributed by atoms with E-state index >= 15 is 0 Å². The van der Waals surface area contributed by atoms with Gasteiger partial charge in [0.25, 0.3) is 0 Å². The maximum Gasteiger partial charge on any atom is 0.404 e. The molecule has 0 aliphatic carbocycles. The minimum absolute atomic E-state index is 0.129. The van der Waals surface area contributed by atoms with E-state index in [2.05, 4.69) is 26.7 Å². The van der Waals surface area contributed by atoms with E-state index < -0.39 is 6.09 Å². The molecular weight excluding hydrogens is 366 g/mol. The Morgan fingerprint density at radius 2 is 1.66 bits per heavy atom. The lowest BCUT2D eigenvalue weighted by Crippen LogP contribution is -2.35. The molecule has 2 aromatic heterocycles. The van der Waals surface area contributed by atoms with Crippen molar-refractivity contribution in [2.75, 3.05) is 13.1 Å². The monoisotopic (exact) mass is 387 g/mol. The number of benzene rings is 1. The average molecular weight is 387 g/mol. The molecule has 0 aliphatic heterocycles. The number of aromatic nitrogens is 2. The first-order valence-electron chi connectivity index (χ1n) is 9.19. The molecule has 146 valence electrons. The number of hydrogen-bond donors (Lipinski definition) is 3. The molecule has 0 radical (unpaired) electrons. The van der Waals surface area contributed by atoms with Crippen LogP contribution in [0, 0.1) is 11.3 Å². The largest absolute Gasteiger partial charge is 0.465 e. The highest BCUT2D eigenvalue weighted by Crippen LogP contribution is 2.36. The lowest BCUT2D eigenvalue weighted by molar-refractivity contribution is 0.194. The Kier molecular flexibility index (Phi) is 6.87. The molecule has 0 spiro atoms. The number of rotatable bonds is 8. The maximum absolute atomic E-state index is 10.8. The van der Waals surface area contributed by atoms with Gasteiger partial charge < -0.3 is 15.7 Å². The van der Waals surface area contributed by atoms with E-state index in [0.717, 1.165) is 16.7 Å². The summed E-state index contributed by atoms with van der Waals surface area (Å²) in [6.45, 7) is 0.682. The second-order valence-corrected chi connectivity index (χ2v) is 6.45. The van der Waals surface area contributed by atoms with E-state index in [4.69, 9.17) is 5.11 Å². The first-order chi connectivity index (χ1) is 14.2. The Morgan fingerprint density at radius 1 is 1.00 bits per heavy atom. The first kappa shape index (κ1) is 20.0. The van der Waals surface area contributed by atoms with Gasteiger partial charge in [-0.05, 0) is 41.0 Å². The summed E-state index contributed by atoms with van der Waals surface area (Å²) in [5.41, 5.74) is 3.48. The number of carboxylic acid groups (broad SMARTS) is 1. The zero-order chi connectivity index (χ0) is 20.5. The van der Waals surface area contributed by atoms with Crippen molar-refractivity contribution >= 4 is 6.09 Å². The summed E-state index contributed by atoms with van der Waals surface area (Å²) in [6, 6.07) is 17.2. The zero-order valence-corrected chi connectivity index (χ0v) is 15.7. The topological polar surface area (TPSA) is 111 Å². The molecule has 0 saturated heterocycles. The predicted molar refractivity (Wildman–Crippen MR) is 108 cm³/mol. The van der Waals surface area contributed by atoms with Gasteiger partial charge in [0, 0.05) is 49.8 Å². The summed E-state index contributed by atoms with van der Waals surface area (Å²) >= 11 is 0. The third kappa shape index (κ3) is 5.37. The van der Waals surface area contributed by atoms with E-state index in [1.54, 1.807) is 18.5 Å². The van der Waals surface area contributed by atoms with Gasteiger partial charge in [0.15, 0.2) is 0 Å². The summed E-state index contributed by atoms with van der Waals surface area (Å²) < 4.78 is 0. The molecule has 0 bridgehead atoms. The van der Waals surface area contributed by atoms with E-state index in [1.165, 1.54) is 0 Å². The lowest BCUT2D eigenvalue weighted by Gasteiger charge is -2.29. The van der Waals surface area contributed by atoms with Gasteiger partial charge >= 0.3 is 6.09 Å². The normalized spacial score (nSPS) is 11.6. The van der Waals surface area contributed by atoms with Crippen LogP contribution in [0.2, 0.25) is 0 Å². The third-order valence-corrected chi connectivity index (χ3v) is 4.56. The highest BCUT2D eigenvalue weighted by atomic mass is 16.4. The van der Waals surface area contributed by atoms with Crippen molar-refractivity contribution in [1.29, 1.82) is 5.26 Å². The molecule has 3 N–H and O–H groups in total. The van der Waals surface area contributed by atoms with E-state index in [-0.39, 0.29) is 18.5 Å². The van der Waals surface area contributed by atoms with Crippen molar-refractivity contribution in [3.05, 3.63) is 95.6 Å². The summed E-state index contributed by atoms with van der Waals surface area (Å²) in [5.74, 6) is -0.129. The number of carbonyl (C=O) groups is 1. The molecule has 1 aromatic carbocycles. The first-order valence-corrected chi connectivity index (χ1v) is 9.19. The Hall–Kier alpha value is -3.76. The summed E-state index contributed by atoms with van der Waals surface area (Å²) in [5, 5.41) is 24.0. The summed E-state index contributed by atoms with van der Waals surface area (Å²) in [4.78, 5) is 19.3. The van der Waals surface area contributed by atoms with Crippen LogP contribution in [0.3, 0.4) is 0 Å². The molecule has 3 aromatic rings. The number of pyridine rings is 2. The Labute approximate surface area is 169 Å².